The number of phenols is 1. The summed E-state index contributed by atoms with van der Waals surface area (Å²) < 4.78 is 5.64. The molecule has 0 saturated heterocycles. The molecule has 0 aliphatic heterocycles. The first-order valence-electron chi connectivity index (χ1n) is 6.08. The van der Waals surface area contributed by atoms with Crippen molar-refractivity contribution in [2.75, 3.05) is 0 Å². The van der Waals surface area contributed by atoms with Gasteiger partial charge in [-0.25, -0.2) is 0 Å². The van der Waals surface area contributed by atoms with Crippen LogP contribution in [0.3, 0.4) is 0 Å². The first kappa shape index (κ1) is 11.5. The smallest absolute Gasteiger partial charge is 0.161 e. The zero-order chi connectivity index (χ0) is 13.1. The van der Waals surface area contributed by atoms with Crippen LogP contribution in [0.2, 0.25) is 0 Å². The predicted octanol–water partition coefficient (Wildman–Crippen LogP) is 3.52. The molecule has 2 aromatic carbocycles. The molecule has 0 spiro atoms. The zero-order valence-electron chi connectivity index (χ0n) is 10.3. The Labute approximate surface area is 111 Å². The monoisotopic (exact) mass is 251 g/mol. The topological polar surface area (TPSA) is 42.4 Å². The van der Waals surface area contributed by atoms with Crippen LogP contribution >= 0.6 is 0 Å². The second-order valence-electron chi connectivity index (χ2n) is 4.25. The third-order valence-corrected chi connectivity index (χ3v) is 2.96. The van der Waals surface area contributed by atoms with Gasteiger partial charge in [-0.3, -0.25) is 4.98 Å². The molecule has 0 aliphatic carbocycles. The number of benzene rings is 2. The summed E-state index contributed by atoms with van der Waals surface area (Å²) in [6.07, 6.45) is 1.77. The van der Waals surface area contributed by atoms with Gasteiger partial charge in [0.15, 0.2) is 11.5 Å². The van der Waals surface area contributed by atoms with E-state index in [-0.39, 0.29) is 5.75 Å². The number of hydrogen-bond donors (Lipinski definition) is 1. The van der Waals surface area contributed by atoms with Crippen molar-refractivity contribution < 1.29 is 9.84 Å². The molecule has 0 unspecified atom stereocenters. The summed E-state index contributed by atoms with van der Waals surface area (Å²) in [7, 11) is 0. The Bertz CT molecular complexity index is 704. The lowest BCUT2D eigenvalue weighted by Gasteiger charge is -2.09. The molecule has 3 nitrogen and oxygen atoms in total. The van der Waals surface area contributed by atoms with Gasteiger partial charge in [0.05, 0.1) is 5.52 Å². The molecule has 0 bridgehead atoms. The molecule has 1 N–H and O–H groups in total. The maximum Gasteiger partial charge on any atom is 0.161 e. The minimum atomic E-state index is 0.149. The summed E-state index contributed by atoms with van der Waals surface area (Å²) in [5.74, 6) is 0.631. The van der Waals surface area contributed by atoms with E-state index in [1.807, 2.05) is 36.4 Å². The van der Waals surface area contributed by atoms with E-state index in [9.17, 15) is 5.11 Å². The summed E-state index contributed by atoms with van der Waals surface area (Å²) >= 11 is 0. The lowest BCUT2D eigenvalue weighted by atomic mass is 10.1. The number of phenolic OH excluding ortho intramolecular Hbond substituents is 1. The molecular weight excluding hydrogens is 238 g/mol. The standard InChI is InChI=1S/C16H13NO2/c18-14-8-1-2-9-15(14)19-11-13-6-3-5-12-7-4-10-17-16(12)13/h1-10,18H,11H2. The Morgan fingerprint density at radius 3 is 2.68 bits per heavy atom. The van der Waals surface area contributed by atoms with Crippen molar-refractivity contribution in [2.24, 2.45) is 0 Å². The molecule has 0 saturated carbocycles. The van der Waals surface area contributed by atoms with Crippen LogP contribution in [0.4, 0.5) is 0 Å². The van der Waals surface area contributed by atoms with Gasteiger partial charge in [-0.05, 0) is 18.2 Å². The van der Waals surface area contributed by atoms with Gasteiger partial charge in [-0.2, -0.15) is 0 Å². The highest BCUT2D eigenvalue weighted by Crippen LogP contribution is 2.26. The second kappa shape index (κ2) is 4.98. The maximum atomic E-state index is 9.66. The lowest BCUT2D eigenvalue weighted by Crippen LogP contribution is -1.97. The first-order valence-corrected chi connectivity index (χ1v) is 6.08. The zero-order valence-corrected chi connectivity index (χ0v) is 10.3. The van der Waals surface area contributed by atoms with E-state index in [1.165, 1.54) is 0 Å². The van der Waals surface area contributed by atoms with Gasteiger partial charge in [0, 0.05) is 17.1 Å². The van der Waals surface area contributed by atoms with E-state index in [1.54, 1.807) is 24.4 Å². The Morgan fingerprint density at radius 2 is 1.79 bits per heavy atom. The summed E-state index contributed by atoms with van der Waals surface area (Å²) in [5, 5.41) is 10.7. The third-order valence-electron chi connectivity index (χ3n) is 2.96. The molecule has 3 aromatic rings. The van der Waals surface area contributed by atoms with Crippen LogP contribution in [-0.2, 0) is 6.61 Å². The highest BCUT2D eigenvalue weighted by Gasteiger charge is 2.04. The number of nitrogens with zero attached hydrogens (tertiary/aromatic N) is 1. The van der Waals surface area contributed by atoms with Crippen molar-refractivity contribution in [3.63, 3.8) is 0 Å². The first-order chi connectivity index (χ1) is 9.34. The van der Waals surface area contributed by atoms with Gasteiger partial charge in [0.1, 0.15) is 6.61 Å². The molecule has 1 heterocycles. The van der Waals surface area contributed by atoms with Gasteiger partial charge in [-0.1, -0.05) is 36.4 Å². The molecule has 3 rings (SSSR count). The number of para-hydroxylation sites is 3. The number of ether oxygens (including phenoxy) is 1. The lowest BCUT2D eigenvalue weighted by molar-refractivity contribution is 0.290. The molecule has 0 amide bonds. The van der Waals surface area contributed by atoms with E-state index < -0.39 is 0 Å². The fourth-order valence-electron chi connectivity index (χ4n) is 2.02. The van der Waals surface area contributed by atoms with E-state index in [2.05, 4.69) is 4.98 Å². The Morgan fingerprint density at radius 1 is 0.947 bits per heavy atom. The van der Waals surface area contributed by atoms with Crippen molar-refractivity contribution >= 4 is 10.9 Å². The van der Waals surface area contributed by atoms with Gasteiger partial charge in [0.2, 0.25) is 0 Å². The van der Waals surface area contributed by atoms with E-state index >= 15 is 0 Å². The number of fused-ring (bicyclic) bond motifs is 1. The van der Waals surface area contributed by atoms with Crippen LogP contribution in [0.25, 0.3) is 10.9 Å². The van der Waals surface area contributed by atoms with Crippen molar-refractivity contribution in [2.45, 2.75) is 6.61 Å². The van der Waals surface area contributed by atoms with Crippen molar-refractivity contribution in [1.29, 1.82) is 0 Å². The van der Waals surface area contributed by atoms with Gasteiger partial charge in [-0.15, -0.1) is 0 Å². The SMILES string of the molecule is Oc1ccccc1OCc1cccc2cccnc12. The predicted molar refractivity (Wildman–Crippen MR) is 74.2 cm³/mol. The summed E-state index contributed by atoms with van der Waals surface area (Å²) in [4.78, 5) is 4.37. The fourth-order valence-corrected chi connectivity index (χ4v) is 2.02. The number of aromatic hydroxyl groups is 1. The number of aromatic nitrogens is 1. The average Bonchev–Trinajstić information content (AvgIpc) is 2.46. The van der Waals surface area contributed by atoms with Crippen molar-refractivity contribution in [3.05, 3.63) is 66.4 Å². The molecule has 19 heavy (non-hydrogen) atoms. The molecule has 0 atom stereocenters. The minimum absolute atomic E-state index is 0.149. The van der Waals surface area contributed by atoms with Crippen LogP contribution in [0.15, 0.2) is 60.8 Å². The molecule has 94 valence electrons. The summed E-state index contributed by atoms with van der Waals surface area (Å²) in [6.45, 7) is 0.381. The quantitative estimate of drug-likeness (QED) is 0.774. The fraction of sp³-hybridized carbons (Fsp3) is 0.0625. The molecular formula is C16H13NO2. The molecule has 0 fully saturated rings. The van der Waals surface area contributed by atoms with E-state index in [0.29, 0.717) is 12.4 Å². The Hall–Kier alpha value is -2.55. The van der Waals surface area contributed by atoms with Gasteiger partial charge in [0.25, 0.3) is 0 Å². The highest BCUT2D eigenvalue weighted by molar-refractivity contribution is 5.81. The summed E-state index contributed by atoms with van der Waals surface area (Å²) in [5.41, 5.74) is 1.93. The molecule has 3 heteroatoms. The Balaban J connectivity index is 1.88. The van der Waals surface area contributed by atoms with Crippen molar-refractivity contribution in [1.82, 2.24) is 4.98 Å². The van der Waals surface area contributed by atoms with Gasteiger partial charge < -0.3 is 9.84 Å². The number of pyridine rings is 1. The van der Waals surface area contributed by atoms with Crippen LogP contribution in [-0.4, -0.2) is 10.1 Å². The summed E-state index contributed by atoms with van der Waals surface area (Å²) in [6, 6.07) is 16.9. The number of rotatable bonds is 3. The van der Waals surface area contributed by atoms with Crippen LogP contribution < -0.4 is 4.74 Å². The number of hydrogen-bond acceptors (Lipinski definition) is 3. The highest BCUT2D eigenvalue weighted by atomic mass is 16.5. The maximum absolute atomic E-state index is 9.66. The van der Waals surface area contributed by atoms with Gasteiger partial charge >= 0.3 is 0 Å². The second-order valence-corrected chi connectivity index (χ2v) is 4.25. The average molecular weight is 251 g/mol. The molecule has 0 radical (unpaired) electrons. The minimum Gasteiger partial charge on any atom is -0.504 e. The van der Waals surface area contributed by atoms with Crippen LogP contribution in [0, 0.1) is 0 Å². The van der Waals surface area contributed by atoms with Crippen LogP contribution in [0.5, 0.6) is 11.5 Å². The largest absolute Gasteiger partial charge is 0.504 e. The van der Waals surface area contributed by atoms with Crippen molar-refractivity contribution in [3.8, 4) is 11.5 Å². The van der Waals surface area contributed by atoms with Crippen LogP contribution in [0.1, 0.15) is 5.56 Å². The Kier molecular flexibility index (Phi) is 3.02. The molecule has 0 aliphatic rings. The van der Waals surface area contributed by atoms with E-state index in [0.717, 1.165) is 16.5 Å². The van der Waals surface area contributed by atoms with E-state index in [4.69, 9.17) is 4.74 Å². The molecule has 1 aromatic heterocycles. The third kappa shape index (κ3) is 2.36. The normalized spacial score (nSPS) is 10.5.